The number of anilines is 1. The second-order valence-corrected chi connectivity index (χ2v) is 9.71. The minimum absolute atomic E-state index is 0.180. The zero-order chi connectivity index (χ0) is 24.5. The molecule has 2 bridgehead atoms. The molecule has 0 spiro atoms. The lowest BCUT2D eigenvalue weighted by Crippen LogP contribution is -2.53. The van der Waals surface area contributed by atoms with Gasteiger partial charge in [0.15, 0.2) is 29.5 Å². The predicted octanol–water partition coefficient (Wildman–Crippen LogP) is 4.27. The third kappa shape index (κ3) is 4.26. The van der Waals surface area contributed by atoms with Crippen molar-refractivity contribution in [2.24, 2.45) is 11.8 Å². The summed E-state index contributed by atoms with van der Waals surface area (Å²) in [5, 5.41) is 2.54. The molecular formula is C23H22F5N3O4. The van der Waals surface area contributed by atoms with E-state index in [1.165, 1.54) is 0 Å². The van der Waals surface area contributed by atoms with Gasteiger partial charge in [-0.3, -0.25) is 4.79 Å². The van der Waals surface area contributed by atoms with Crippen molar-refractivity contribution in [2.75, 3.05) is 18.2 Å². The molecule has 1 amide bonds. The number of hydrogen-bond acceptors (Lipinski definition) is 6. The second-order valence-electron chi connectivity index (χ2n) is 9.71. The van der Waals surface area contributed by atoms with Crippen LogP contribution in [0.4, 0.5) is 27.6 Å². The van der Waals surface area contributed by atoms with Crippen molar-refractivity contribution < 1.29 is 40.6 Å². The SMILES string of the molecule is O=C(c1ncoc1CC(F)(F)F)N(c1cc(F)c(OC2CC3CC3C2)c(F)c1)N1CC2CC1CO2. The van der Waals surface area contributed by atoms with Crippen LogP contribution in [0.25, 0.3) is 0 Å². The molecule has 2 saturated carbocycles. The topological polar surface area (TPSA) is 68.0 Å². The van der Waals surface area contributed by atoms with Gasteiger partial charge in [-0.05, 0) is 37.5 Å². The molecule has 2 aliphatic heterocycles. The highest BCUT2D eigenvalue weighted by Gasteiger charge is 2.48. The summed E-state index contributed by atoms with van der Waals surface area (Å²) in [7, 11) is 0. The highest BCUT2D eigenvalue weighted by molar-refractivity contribution is 6.04. The second kappa shape index (κ2) is 8.16. The van der Waals surface area contributed by atoms with E-state index in [-0.39, 0.29) is 37.1 Å². The molecule has 1 aromatic carbocycles. The molecule has 0 N–H and O–H groups in total. The van der Waals surface area contributed by atoms with Crippen LogP contribution in [0.15, 0.2) is 22.9 Å². The number of amides is 1. The Morgan fingerprint density at radius 3 is 2.46 bits per heavy atom. The monoisotopic (exact) mass is 499 g/mol. The maximum Gasteiger partial charge on any atom is 0.396 e. The number of carbonyl (C=O) groups is 1. The van der Waals surface area contributed by atoms with Crippen LogP contribution in [0, 0.1) is 23.5 Å². The largest absolute Gasteiger partial charge is 0.484 e. The van der Waals surface area contributed by atoms with Crippen LogP contribution >= 0.6 is 0 Å². The molecule has 3 heterocycles. The van der Waals surface area contributed by atoms with Crippen LogP contribution in [-0.2, 0) is 11.2 Å². The number of nitrogens with zero attached hydrogens (tertiary/aromatic N) is 3. The summed E-state index contributed by atoms with van der Waals surface area (Å²) < 4.78 is 85.2. The number of rotatable bonds is 6. The Balaban J connectivity index is 1.33. The number of morpholine rings is 1. The van der Waals surface area contributed by atoms with Gasteiger partial charge in [0.25, 0.3) is 5.91 Å². The van der Waals surface area contributed by atoms with Crippen LogP contribution in [0.2, 0.25) is 0 Å². The van der Waals surface area contributed by atoms with Crippen LogP contribution in [-0.4, -0.2) is 53.5 Å². The normalized spacial score (nSPS) is 29.5. The Kier molecular flexibility index (Phi) is 5.29. The third-order valence-electron chi connectivity index (χ3n) is 7.24. The number of hydrazine groups is 1. The smallest absolute Gasteiger partial charge is 0.396 e. The van der Waals surface area contributed by atoms with Gasteiger partial charge < -0.3 is 13.9 Å². The standard InChI is InChI=1S/C23H22F5N3O4/c24-17-5-13(6-18(25)21(17)35-15-2-11-1-12(11)3-15)31(30-8-16-4-14(30)9-33-16)22(32)20-19(34-10-29-20)7-23(26,27)28/h5-6,10-12,14-16H,1-4,7-9H2. The summed E-state index contributed by atoms with van der Waals surface area (Å²) in [6.45, 7) is 0.508. The van der Waals surface area contributed by atoms with E-state index < -0.39 is 47.3 Å². The molecule has 0 radical (unpaired) electrons. The van der Waals surface area contributed by atoms with E-state index in [2.05, 4.69) is 4.98 Å². The quantitative estimate of drug-likeness (QED) is 0.554. The molecule has 6 rings (SSSR count). The highest BCUT2D eigenvalue weighted by Crippen LogP contribution is 2.52. The van der Waals surface area contributed by atoms with Crippen molar-refractivity contribution in [3.05, 3.63) is 41.6 Å². The lowest BCUT2D eigenvalue weighted by atomic mass is 10.2. The van der Waals surface area contributed by atoms with Crippen LogP contribution in [0.3, 0.4) is 0 Å². The molecule has 7 nitrogen and oxygen atoms in total. The summed E-state index contributed by atoms with van der Waals surface area (Å²) >= 11 is 0. The van der Waals surface area contributed by atoms with Crippen molar-refractivity contribution in [2.45, 2.75) is 56.5 Å². The first-order valence-electron chi connectivity index (χ1n) is 11.5. The van der Waals surface area contributed by atoms with Crippen molar-refractivity contribution >= 4 is 11.6 Å². The fraction of sp³-hybridized carbons (Fsp3) is 0.565. The lowest BCUT2D eigenvalue weighted by Gasteiger charge is -2.37. The summed E-state index contributed by atoms with van der Waals surface area (Å²) in [6, 6.07) is 1.64. The van der Waals surface area contributed by atoms with E-state index in [0.717, 1.165) is 42.8 Å². The van der Waals surface area contributed by atoms with E-state index in [4.69, 9.17) is 13.9 Å². The average Bonchev–Trinajstić information content (AvgIpc) is 3.28. The van der Waals surface area contributed by atoms with E-state index in [9.17, 15) is 18.0 Å². The van der Waals surface area contributed by atoms with E-state index in [1.54, 1.807) is 5.01 Å². The van der Waals surface area contributed by atoms with E-state index in [0.29, 0.717) is 18.3 Å². The van der Waals surface area contributed by atoms with E-state index >= 15 is 8.78 Å². The zero-order valence-electron chi connectivity index (χ0n) is 18.4. The molecular weight excluding hydrogens is 477 g/mol. The first kappa shape index (κ1) is 22.7. The van der Waals surface area contributed by atoms with Crippen LogP contribution in [0.1, 0.15) is 41.9 Å². The minimum atomic E-state index is -4.64. The Morgan fingerprint density at radius 2 is 1.86 bits per heavy atom. The number of fused-ring (bicyclic) bond motifs is 3. The van der Waals surface area contributed by atoms with E-state index in [1.807, 2.05) is 0 Å². The highest BCUT2D eigenvalue weighted by atomic mass is 19.4. The van der Waals surface area contributed by atoms with Gasteiger partial charge in [0.2, 0.25) is 0 Å². The average molecular weight is 499 g/mol. The molecule has 188 valence electrons. The van der Waals surface area contributed by atoms with Gasteiger partial charge in [0.1, 0.15) is 12.2 Å². The Labute approximate surface area is 196 Å². The summed E-state index contributed by atoms with van der Waals surface area (Å²) in [5.74, 6) is -3.04. The van der Waals surface area contributed by atoms with Crippen LogP contribution in [0.5, 0.6) is 5.75 Å². The molecule has 2 aliphatic carbocycles. The molecule has 4 aliphatic rings. The molecule has 4 fully saturated rings. The molecule has 12 heteroatoms. The predicted molar refractivity (Wildman–Crippen MR) is 110 cm³/mol. The lowest BCUT2D eigenvalue weighted by molar-refractivity contribution is -0.130. The van der Waals surface area contributed by atoms with Crippen molar-refractivity contribution in [1.82, 2.24) is 9.99 Å². The number of ether oxygens (including phenoxy) is 2. The number of benzene rings is 1. The van der Waals surface area contributed by atoms with Gasteiger partial charge in [0.05, 0.1) is 30.5 Å². The molecule has 1 aromatic heterocycles. The number of alkyl halides is 3. The molecule has 35 heavy (non-hydrogen) atoms. The first-order valence-corrected chi connectivity index (χ1v) is 11.5. The molecule has 2 aromatic rings. The number of carbonyl (C=O) groups excluding carboxylic acids is 1. The molecule has 4 atom stereocenters. The molecule has 2 saturated heterocycles. The fourth-order valence-corrected chi connectivity index (χ4v) is 5.56. The fourth-order valence-electron chi connectivity index (χ4n) is 5.56. The van der Waals surface area contributed by atoms with Gasteiger partial charge in [-0.2, -0.15) is 13.2 Å². The Morgan fingerprint density at radius 1 is 1.14 bits per heavy atom. The molecule has 4 unspecified atom stereocenters. The van der Waals surface area contributed by atoms with Gasteiger partial charge in [-0.25, -0.2) is 23.8 Å². The third-order valence-corrected chi connectivity index (χ3v) is 7.24. The van der Waals surface area contributed by atoms with Gasteiger partial charge in [-0.15, -0.1) is 0 Å². The number of aromatic nitrogens is 1. The maximum absolute atomic E-state index is 15.1. The summed E-state index contributed by atoms with van der Waals surface area (Å²) in [5.41, 5.74) is -0.752. The Hall–Kier alpha value is -2.73. The Bertz CT molecular complexity index is 1120. The number of oxazole rings is 1. The summed E-state index contributed by atoms with van der Waals surface area (Å²) in [6.07, 6.45) is -2.66. The number of halogens is 5. The van der Waals surface area contributed by atoms with Gasteiger partial charge in [0, 0.05) is 18.7 Å². The minimum Gasteiger partial charge on any atom is -0.484 e. The summed E-state index contributed by atoms with van der Waals surface area (Å²) in [4.78, 5) is 17.2. The zero-order valence-corrected chi connectivity index (χ0v) is 18.4. The van der Waals surface area contributed by atoms with Crippen molar-refractivity contribution in [3.8, 4) is 5.75 Å². The maximum atomic E-state index is 15.1. The van der Waals surface area contributed by atoms with Crippen molar-refractivity contribution in [1.29, 1.82) is 0 Å². The number of hydrogen-bond donors (Lipinski definition) is 0. The van der Waals surface area contributed by atoms with Gasteiger partial charge >= 0.3 is 6.18 Å². The van der Waals surface area contributed by atoms with Crippen molar-refractivity contribution in [3.63, 3.8) is 0 Å². The first-order chi connectivity index (χ1) is 16.7. The van der Waals surface area contributed by atoms with Gasteiger partial charge in [-0.1, -0.05) is 0 Å². The van der Waals surface area contributed by atoms with Crippen LogP contribution < -0.4 is 9.75 Å².